The van der Waals surface area contributed by atoms with E-state index in [2.05, 4.69) is 30.3 Å². The first kappa shape index (κ1) is 19.5. The fourth-order valence-electron chi connectivity index (χ4n) is 2.27. The van der Waals surface area contributed by atoms with Crippen LogP contribution in [0.15, 0.2) is 30.6 Å². The molecule has 0 aliphatic carbocycles. The highest BCUT2D eigenvalue weighted by Gasteiger charge is 2.28. The molecule has 0 bridgehead atoms. The second kappa shape index (κ2) is 7.79. The van der Waals surface area contributed by atoms with E-state index in [1.807, 2.05) is 0 Å². The molecule has 0 aliphatic heterocycles. The summed E-state index contributed by atoms with van der Waals surface area (Å²) in [5, 5.41) is 15.3. The van der Waals surface area contributed by atoms with Crippen molar-refractivity contribution in [3.05, 3.63) is 36.3 Å². The number of nitrogens with one attached hydrogen (secondary N) is 1. The third-order valence-electron chi connectivity index (χ3n) is 3.65. The van der Waals surface area contributed by atoms with Crippen LogP contribution in [-0.2, 0) is 11.3 Å². The lowest BCUT2D eigenvalue weighted by Crippen LogP contribution is -2.19. The molecule has 148 valence electrons. The molecule has 3 aromatic heterocycles. The quantitative estimate of drug-likeness (QED) is 0.691. The summed E-state index contributed by atoms with van der Waals surface area (Å²) in [6.07, 6.45) is -1.19. The Kier molecular flexibility index (Phi) is 5.43. The molecule has 0 unspecified atom stereocenters. The number of anilines is 1. The number of nitrogens with zero attached hydrogens (tertiary/aromatic N) is 5. The molecule has 0 saturated carbocycles. The summed E-state index contributed by atoms with van der Waals surface area (Å²) in [7, 11) is 0. The van der Waals surface area contributed by atoms with E-state index in [1.165, 1.54) is 12.1 Å². The van der Waals surface area contributed by atoms with Gasteiger partial charge >= 0.3 is 6.18 Å². The SMILES string of the molecule is CC(C)C(=O)Nc1nccc2nn(Cc3ccc(OCC(F)(F)F)nn3)cc12. The third-order valence-corrected chi connectivity index (χ3v) is 3.65. The number of rotatable bonds is 6. The minimum Gasteiger partial charge on any atom is -0.467 e. The van der Waals surface area contributed by atoms with Crippen LogP contribution in [0, 0.1) is 5.92 Å². The summed E-state index contributed by atoms with van der Waals surface area (Å²) in [4.78, 5) is 16.1. The predicted octanol–water partition coefficient (Wildman–Crippen LogP) is 2.81. The summed E-state index contributed by atoms with van der Waals surface area (Å²) in [5.74, 6) is -0.160. The summed E-state index contributed by atoms with van der Waals surface area (Å²) < 4.78 is 42.6. The number of ether oxygens (including phenoxy) is 1. The molecular weight excluding hydrogens is 377 g/mol. The minimum absolute atomic E-state index is 0.159. The van der Waals surface area contributed by atoms with Crippen molar-refractivity contribution in [2.75, 3.05) is 11.9 Å². The number of halogens is 3. The van der Waals surface area contributed by atoms with E-state index in [4.69, 9.17) is 0 Å². The number of hydrogen-bond acceptors (Lipinski definition) is 6. The van der Waals surface area contributed by atoms with Gasteiger partial charge in [-0.15, -0.1) is 10.2 Å². The average Bonchev–Trinajstić information content (AvgIpc) is 3.04. The molecule has 3 heterocycles. The highest BCUT2D eigenvalue weighted by molar-refractivity contribution is 5.99. The van der Waals surface area contributed by atoms with Gasteiger partial charge < -0.3 is 10.1 Å². The Hall–Kier alpha value is -3.24. The Bertz CT molecular complexity index is 969. The fourth-order valence-corrected chi connectivity index (χ4v) is 2.27. The second-order valence-electron chi connectivity index (χ2n) is 6.33. The molecule has 0 saturated heterocycles. The van der Waals surface area contributed by atoms with Crippen molar-refractivity contribution in [1.29, 1.82) is 0 Å². The number of hydrogen-bond donors (Lipinski definition) is 1. The van der Waals surface area contributed by atoms with E-state index >= 15 is 0 Å². The summed E-state index contributed by atoms with van der Waals surface area (Å²) in [6.45, 7) is 2.36. The minimum atomic E-state index is -4.44. The van der Waals surface area contributed by atoms with Gasteiger partial charge in [-0.2, -0.15) is 18.3 Å². The zero-order valence-electron chi connectivity index (χ0n) is 15.1. The van der Waals surface area contributed by atoms with Gasteiger partial charge in [-0.1, -0.05) is 13.8 Å². The van der Waals surface area contributed by atoms with Crippen molar-refractivity contribution in [2.45, 2.75) is 26.6 Å². The third kappa shape index (κ3) is 4.93. The number of fused-ring (bicyclic) bond motifs is 1. The van der Waals surface area contributed by atoms with Gasteiger partial charge in [0, 0.05) is 24.4 Å². The van der Waals surface area contributed by atoms with Crippen LogP contribution in [0.1, 0.15) is 19.5 Å². The van der Waals surface area contributed by atoms with Crippen molar-refractivity contribution in [3.63, 3.8) is 0 Å². The smallest absolute Gasteiger partial charge is 0.422 e. The van der Waals surface area contributed by atoms with Crippen LogP contribution in [0.5, 0.6) is 5.88 Å². The van der Waals surface area contributed by atoms with Crippen molar-refractivity contribution in [1.82, 2.24) is 25.0 Å². The number of alkyl halides is 3. The number of pyridine rings is 1. The molecule has 1 N–H and O–H groups in total. The van der Waals surface area contributed by atoms with Gasteiger partial charge in [0.1, 0.15) is 5.82 Å². The molecule has 0 aliphatic rings. The monoisotopic (exact) mass is 394 g/mol. The molecule has 11 heteroatoms. The van der Waals surface area contributed by atoms with Crippen molar-refractivity contribution in [2.24, 2.45) is 5.92 Å². The van der Waals surface area contributed by atoms with Gasteiger partial charge in [0.05, 0.1) is 23.1 Å². The van der Waals surface area contributed by atoms with Crippen LogP contribution < -0.4 is 10.1 Å². The number of amides is 1. The molecule has 1 amide bonds. The molecular formula is C17H17F3N6O2. The molecule has 8 nitrogen and oxygen atoms in total. The topological polar surface area (TPSA) is 94.8 Å². The van der Waals surface area contributed by atoms with Gasteiger partial charge in [-0.25, -0.2) is 4.98 Å². The molecule has 3 rings (SSSR count). The van der Waals surface area contributed by atoms with Crippen molar-refractivity contribution >= 4 is 22.6 Å². The number of aromatic nitrogens is 5. The van der Waals surface area contributed by atoms with Crippen molar-refractivity contribution in [3.8, 4) is 5.88 Å². The highest BCUT2D eigenvalue weighted by Crippen LogP contribution is 2.21. The van der Waals surface area contributed by atoms with Gasteiger partial charge in [0.2, 0.25) is 11.8 Å². The molecule has 0 aromatic carbocycles. The van der Waals surface area contributed by atoms with E-state index in [-0.39, 0.29) is 24.2 Å². The van der Waals surface area contributed by atoms with Gasteiger partial charge in [0.15, 0.2) is 6.61 Å². The van der Waals surface area contributed by atoms with Crippen LogP contribution in [-0.4, -0.2) is 43.7 Å². The molecule has 0 fully saturated rings. The zero-order chi connectivity index (χ0) is 20.3. The standard InChI is InChI=1S/C17H17F3N6O2/c1-10(2)16(27)22-15-12-8-26(25-13(12)5-6-21-15)7-11-3-4-14(24-23-11)28-9-17(18,19)20/h3-6,8,10H,7,9H2,1-2H3,(H,21,22,27). The first-order chi connectivity index (χ1) is 13.2. The maximum atomic E-state index is 12.1. The lowest BCUT2D eigenvalue weighted by atomic mass is 10.2. The van der Waals surface area contributed by atoms with Crippen LogP contribution in [0.25, 0.3) is 10.9 Å². The van der Waals surface area contributed by atoms with Crippen molar-refractivity contribution < 1.29 is 22.7 Å². The zero-order valence-corrected chi connectivity index (χ0v) is 15.1. The molecule has 0 radical (unpaired) electrons. The van der Waals surface area contributed by atoms with Gasteiger partial charge in [-0.05, 0) is 12.1 Å². The predicted molar refractivity (Wildman–Crippen MR) is 93.7 cm³/mol. The van der Waals surface area contributed by atoms with E-state index < -0.39 is 12.8 Å². The van der Waals surface area contributed by atoms with Crippen LogP contribution >= 0.6 is 0 Å². The van der Waals surface area contributed by atoms with E-state index in [1.54, 1.807) is 37.0 Å². The largest absolute Gasteiger partial charge is 0.467 e. The number of carbonyl (C=O) groups is 1. The molecule has 0 atom stereocenters. The van der Waals surface area contributed by atoms with E-state index in [0.29, 0.717) is 22.4 Å². The summed E-state index contributed by atoms with van der Waals surface area (Å²) >= 11 is 0. The van der Waals surface area contributed by atoms with Crippen LogP contribution in [0.3, 0.4) is 0 Å². The maximum Gasteiger partial charge on any atom is 0.422 e. The Morgan fingerprint density at radius 2 is 2.04 bits per heavy atom. The summed E-state index contributed by atoms with van der Waals surface area (Å²) in [6, 6.07) is 4.52. The Morgan fingerprint density at radius 3 is 2.68 bits per heavy atom. The molecule has 3 aromatic rings. The van der Waals surface area contributed by atoms with Crippen LogP contribution in [0.2, 0.25) is 0 Å². The first-order valence-corrected chi connectivity index (χ1v) is 8.36. The normalized spacial score (nSPS) is 11.8. The Morgan fingerprint density at radius 1 is 1.25 bits per heavy atom. The second-order valence-corrected chi connectivity index (χ2v) is 6.33. The lowest BCUT2D eigenvalue weighted by molar-refractivity contribution is -0.154. The molecule has 0 spiro atoms. The Labute approximate surface area is 157 Å². The van der Waals surface area contributed by atoms with Gasteiger partial charge in [-0.3, -0.25) is 9.48 Å². The maximum absolute atomic E-state index is 12.1. The lowest BCUT2D eigenvalue weighted by Gasteiger charge is -2.08. The average molecular weight is 394 g/mol. The first-order valence-electron chi connectivity index (χ1n) is 8.36. The highest BCUT2D eigenvalue weighted by atomic mass is 19.4. The fraction of sp³-hybridized carbons (Fsp3) is 0.353. The Balaban J connectivity index is 1.73. The van der Waals surface area contributed by atoms with E-state index in [9.17, 15) is 18.0 Å². The summed E-state index contributed by atoms with van der Waals surface area (Å²) in [5.41, 5.74) is 1.11. The number of carbonyl (C=O) groups excluding carboxylic acids is 1. The molecule has 28 heavy (non-hydrogen) atoms. The van der Waals surface area contributed by atoms with Gasteiger partial charge in [0.25, 0.3) is 0 Å². The van der Waals surface area contributed by atoms with E-state index in [0.717, 1.165) is 0 Å². The van der Waals surface area contributed by atoms with Crippen LogP contribution in [0.4, 0.5) is 19.0 Å².